The van der Waals surface area contributed by atoms with Gasteiger partial charge in [0.15, 0.2) is 0 Å². The molecule has 8 heteroatoms. The van der Waals surface area contributed by atoms with Crippen molar-refractivity contribution in [2.75, 3.05) is 11.1 Å². The largest absolute Gasteiger partial charge is 0.416 e. The highest BCUT2D eigenvalue weighted by atomic mass is 32.2. The van der Waals surface area contributed by atoms with E-state index in [9.17, 15) is 10.1 Å². The molecule has 2 aromatic heterocycles. The van der Waals surface area contributed by atoms with Crippen molar-refractivity contribution in [3.63, 3.8) is 0 Å². The molecule has 0 radical (unpaired) electrons. The van der Waals surface area contributed by atoms with Crippen LogP contribution in [0, 0.1) is 22.7 Å². The van der Waals surface area contributed by atoms with Gasteiger partial charge in [-0.05, 0) is 42.6 Å². The average Bonchev–Trinajstić information content (AvgIpc) is 3.22. The molecule has 6 nitrogen and oxygen atoms in total. The number of nitrogens with one attached hydrogen (secondary N) is 1. The van der Waals surface area contributed by atoms with Crippen LogP contribution in [0.1, 0.15) is 62.4 Å². The van der Waals surface area contributed by atoms with Gasteiger partial charge in [0.05, 0.1) is 11.3 Å². The molecule has 2 heterocycles. The first-order valence-corrected chi connectivity index (χ1v) is 11.4. The summed E-state index contributed by atoms with van der Waals surface area (Å²) in [5, 5.41) is 21.5. The Morgan fingerprint density at radius 2 is 2.21 bits per heavy atom. The lowest BCUT2D eigenvalue weighted by molar-refractivity contribution is -0.113. The van der Waals surface area contributed by atoms with Gasteiger partial charge in [-0.25, -0.2) is 0 Å². The monoisotopic (exact) mass is 418 g/mol. The van der Waals surface area contributed by atoms with Crippen molar-refractivity contribution in [1.29, 1.82) is 5.26 Å². The molecular weight excluding hydrogens is 392 g/mol. The maximum absolute atomic E-state index is 12.4. The Labute approximate surface area is 174 Å². The van der Waals surface area contributed by atoms with Crippen LogP contribution in [0.25, 0.3) is 0 Å². The third-order valence-corrected chi connectivity index (χ3v) is 7.08. The summed E-state index contributed by atoms with van der Waals surface area (Å²) in [6.45, 7) is 8.85. The molecule has 0 aromatic carbocycles. The van der Waals surface area contributed by atoms with Gasteiger partial charge in [-0.2, -0.15) is 5.26 Å². The molecule has 0 bridgehead atoms. The number of amides is 1. The van der Waals surface area contributed by atoms with Crippen LogP contribution in [-0.2, 0) is 24.1 Å². The second-order valence-electron chi connectivity index (χ2n) is 8.17. The molecule has 3 rings (SSSR count). The summed E-state index contributed by atoms with van der Waals surface area (Å²) in [5.41, 5.74) is 2.00. The quantitative estimate of drug-likeness (QED) is 0.675. The van der Waals surface area contributed by atoms with E-state index >= 15 is 0 Å². The number of thiophene rings is 1. The summed E-state index contributed by atoms with van der Waals surface area (Å²) in [5.74, 6) is 1.20. The summed E-state index contributed by atoms with van der Waals surface area (Å²) < 4.78 is 5.49. The minimum absolute atomic E-state index is 0.164. The summed E-state index contributed by atoms with van der Waals surface area (Å²) in [4.78, 5) is 13.6. The van der Waals surface area contributed by atoms with Gasteiger partial charge < -0.3 is 9.73 Å². The highest BCUT2D eigenvalue weighted by Gasteiger charge is 2.32. The van der Waals surface area contributed by atoms with Crippen LogP contribution in [0.15, 0.2) is 9.64 Å². The molecule has 0 unspecified atom stereocenters. The summed E-state index contributed by atoms with van der Waals surface area (Å²) in [6, 6.07) is 2.30. The van der Waals surface area contributed by atoms with E-state index in [0.29, 0.717) is 27.6 Å². The number of carbonyl (C=O) groups excluding carboxylic acids is 1. The van der Waals surface area contributed by atoms with E-state index < -0.39 is 0 Å². The van der Waals surface area contributed by atoms with Gasteiger partial charge in [0.1, 0.15) is 11.1 Å². The molecule has 1 aliphatic carbocycles. The Kier molecular flexibility index (Phi) is 6.46. The summed E-state index contributed by atoms with van der Waals surface area (Å²) in [7, 11) is 0. The number of hydrogen-bond donors (Lipinski definition) is 1. The number of thioether (sulfide) groups is 1. The van der Waals surface area contributed by atoms with Crippen molar-refractivity contribution in [3.8, 4) is 6.07 Å². The van der Waals surface area contributed by atoms with E-state index in [2.05, 4.69) is 42.4 Å². The van der Waals surface area contributed by atoms with E-state index in [1.165, 1.54) is 16.6 Å². The topological polar surface area (TPSA) is 91.8 Å². The lowest BCUT2D eigenvalue weighted by Gasteiger charge is -2.33. The number of fused-ring (bicyclic) bond motifs is 1. The van der Waals surface area contributed by atoms with Gasteiger partial charge in [0, 0.05) is 11.3 Å². The van der Waals surface area contributed by atoms with E-state index in [1.54, 1.807) is 11.3 Å². The molecule has 0 spiro atoms. The van der Waals surface area contributed by atoms with Gasteiger partial charge in [-0.1, -0.05) is 39.5 Å². The molecule has 1 N–H and O–H groups in total. The smallest absolute Gasteiger partial charge is 0.277 e. The number of rotatable bonds is 6. The minimum Gasteiger partial charge on any atom is -0.416 e. The SMILES string of the molecule is CCCc1nnc(SCC(=O)Nc2sc3c(c2C#N)CC[C@@H](C(C)(C)C)C3)o1. The molecule has 1 amide bonds. The Morgan fingerprint density at radius 3 is 2.89 bits per heavy atom. The van der Waals surface area contributed by atoms with Crippen molar-refractivity contribution in [2.45, 2.75) is 65.0 Å². The Hall–Kier alpha value is -1.85. The zero-order valence-electron chi connectivity index (χ0n) is 16.8. The summed E-state index contributed by atoms with van der Waals surface area (Å²) >= 11 is 2.77. The van der Waals surface area contributed by atoms with E-state index in [4.69, 9.17) is 4.42 Å². The number of hydrogen-bond acceptors (Lipinski definition) is 7. The highest BCUT2D eigenvalue weighted by molar-refractivity contribution is 7.99. The number of anilines is 1. The van der Waals surface area contributed by atoms with E-state index in [0.717, 1.165) is 37.7 Å². The highest BCUT2D eigenvalue weighted by Crippen LogP contribution is 2.44. The van der Waals surface area contributed by atoms with Crippen LogP contribution >= 0.6 is 23.1 Å². The molecule has 1 atom stereocenters. The second kappa shape index (κ2) is 8.66. The maximum Gasteiger partial charge on any atom is 0.277 e. The molecule has 2 aromatic rings. The van der Waals surface area contributed by atoms with Crippen LogP contribution in [0.5, 0.6) is 0 Å². The zero-order chi connectivity index (χ0) is 20.3. The lowest BCUT2D eigenvalue weighted by Crippen LogP contribution is -2.26. The van der Waals surface area contributed by atoms with Crippen molar-refractivity contribution >= 4 is 34.0 Å². The summed E-state index contributed by atoms with van der Waals surface area (Å²) in [6.07, 6.45) is 4.64. The van der Waals surface area contributed by atoms with Gasteiger partial charge in [0.25, 0.3) is 5.22 Å². The second-order valence-corrected chi connectivity index (χ2v) is 10.2. The first-order chi connectivity index (χ1) is 13.3. The predicted molar refractivity (Wildman–Crippen MR) is 112 cm³/mol. The van der Waals surface area contributed by atoms with Crippen molar-refractivity contribution < 1.29 is 9.21 Å². The van der Waals surface area contributed by atoms with Gasteiger partial charge >= 0.3 is 0 Å². The Balaban J connectivity index is 1.64. The number of aryl methyl sites for hydroxylation is 1. The Morgan fingerprint density at radius 1 is 1.43 bits per heavy atom. The average molecular weight is 419 g/mol. The molecule has 0 saturated heterocycles. The molecule has 0 saturated carbocycles. The predicted octanol–water partition coefficient (Wildman–Crippen LogP) is 4.84. The fourth-order valence-electron chi connectivity index (χ4n) is 3.43. The number of carbonyl (C=O) groups is 1. The molecule has 28 heavy (non-hydrogen) atoms. The lowest BCUT2D eigenvalue weighted by atomic mass is 9.72. The van der Waals surface area contributed by atoms with Crippen LogP contribution in [0.3, 0.4) is 0 Å². The van der Waals surface area contributed by atoms with E-state index in [1.807, 2.05) is 6.92 Å². The number of nitriles is 1. The molecule has 0 aliphatic heterocycles. The molecule has 0 fully saturated rings. The van der Waals surface area contributed by atoms with Crippen LogP contribution < -0.4 is 5.32 Å². The van der Waals surface area contributed by atoms with Gasteiger partial charge in [-0.3, -0.25) is 4.79 Å². The standard InChI is InChI=1S/C20H26N4O2S2/c1-5-6-17-23-24-19(26-17)27-11-16(25)22-18-14(10-21)13-8-7-12(20(2,3)4)9-15(13)28-18/h12H,5-9,11H2,1-4H3,(H,22,25)/t12-/m1/s1. The minimum atomic E-state index is -0.164. The van der Waals surface area contributed by atoms with Crippen molar-refractivity contribution in [2.24, 2.45) is 11.3 Å². The third-order valence-electron chi connectivity index (χ3n) is 5.09. The number of nitrogens with zero attached hydrogens (tertiary/aromatic N) is 3. The number of aromatic nitrogens is 2. The first kappa shape index (κ1) is 20.9. The normalized spacial score (nSPS) is 16.5. The fourth-order valence-corrected chi connectivity index (χ4v) is 5.31. The Bertz CT molecular complexity index is 889. The molecule has 1 aliphatic rings. The van der Waals surface area contributed by atoms with Gasteiger partial charge in [-0.15, -0.1) is 21.5 Å². The van der Waals surface area contributed by atoms with Crippen LogP contribution in [0.2, 0.25) is 0 Å². The zero-order valence-corrected chi connectivity index (χ0v) is 18.4. The fraction of sp³-hybridized carbons (Fsp3) is 0.600. The third kappa shape index (κ3) is 4.76. The first-order valence-electron chi connectivity index (χ1n) is 9.61. The van der Waals surface area contributed by atoms with Gasteiger partial charge in [0.2, 0.25) is 11.8 Å². The van der Waals surface area contributed by atoms with E-state index in [-0.39, 0.29) is 17.1 Å². The van der Waals surface area contributed by atoms with Crippen molar-refractivity contribution in [1.82, 2.24) is 10.2 Å². The van der Waals surface area contributed by atoms with Crippen molar-refractivity contribution in [3.05, 3.63) is 21.9 Å². The maximum atomic E-state index is 12.4. The van der Waals surface area contributed by atoms with Crippen LogP contribution in [0.4, 0.5) is 5.00 Å². The molecule has 150 valence electrons. The molecular formula is C20H26N4O2S2. The van der Waals surface area contributed by atoms with Crippen LogP contribution in [-0.4, -0.2) is 21.9 Å².